The summed E-state index contributed by atoms with van der Waals surface area (Å²) in [5, 5.41) is 16.0. The van der Waals surface area contributed by atoms with Crippen LogP contribution in [0.3, 0.4) is 0 Å². The number of amides is 1. The first-order chi connectivity index (χ1) is 16.8. The lowest BCUT2D eigenvalue weighted by Gasteiger charge is -2.07. The van der Waals surface area contributed by atoms with Crippen molar-refractivity contribution in [1.82, 2.24) is 25.1 Å². The van der Waals surface area contributed by atoms with Crippen molar-refractivity contribution in [3.05, 3.63) is 114 Å². The Morgan fingerprint density at radius 2 is 1.65 bits per heavy atom. The fourth-order valence-corrected chi connectivity index (χ4v) is 3.86. The van der Waals surface area contributed by atoms with Gasteiger partial charge in [0.05, 0.1) is 11.9 Å². The number of hydrogen-bond donors (Lipinski definition) is 2. The van der Waals surface area contributed by atoms with Crippen LogP contribution >= 0.6 is 0 Å². The number of benzene rings is 2. The van der Waals surface area contributed by atoms with E-state index in [0.717, 1.165) is 27.6 Å². The fraction of sp³-hybridized carbons (Fsp3) is 0.111. The number of nitrogens with one attached hydrogen (secondary N) is 2. The quantitative estimate of drug-likeness (QED) is 0.370. The maximum absolute atomic E-state index is 12.6. The van der Waals surface area contributed by atoms with Crippen molar-refractivity contribution in [2.75, 3.05) is 5.32 Å². The number of carbonyl (C=O) groups excluding carboxylic acids is 1. The molecule has 2 aromatic carbocycles. The molecular weight excluding hydrogens is 424 g/mol. The number of pyridine rings is 1. The monoisotopic (exact) mass is 448 g/mol. The van der Waals surface area contributed by atoms with Crippen LogP contribution in [0.2, 0.25) is 0 Å². The van der Waals surface area contributed by atoms with E-state index in [9.17, 15) is 4.79 Å². The molecule has 7 nitrogen and oxygen atoms in total. The van der Waals surface area contributed by atoms with Crippen molar-refractivity contribution >= 4 is 22.6 Å². The van der Waals surface area contributed by atoms with E-state index in [1.54, 1.807) is 6.20 Å². The Morgan fingerprint density at radius 3 is 2.44 bits per heavy atom. The number of hydrogen-bond acceptors (Lipinski definition) is 5. The molecule has 0 fully saturated rings. The number of fused-ring (bicyclic) bond motifs is 1. The second-order valence-electron chi connectivity index (χ2n) is 7.97. The zero-order valence-electron chi connectivity index (χ0n) is 18.6. The molecule has 3 heterocycles. The van der Waals surface area contributed by atoms with Crippen LogP contribution < -0.4 is 10.6 Å². The van der Waals surface area contributed by atoms with Crippen LogP contribution in [0.25, 0.3) is 16.7 Å². The Labute approximate surface area is 197 Å². The molecule has 0 atom stereocenters. The lowest BCUT2D eigenvalue weighted by Crippen LogP contribution is -2.24. The zero-order valence-corrected chi connectivity index (χ0v) is 18.6. The van der Waals surface area contributed by atoms with Crippen LogP contribution in [0.15, 0.2) is 97.5 Å². The molecule has 0 spiro atoms. The summed E-state index contributed by atoms with van der Waals surface area (Å²) in [4.78, 5) is 16.8. The Morgan fingerprint density at radius 1 is 0.824 bits per heavy atom. The molecule has 0 aliphatic carbocycles. The summed E-state index contributed by atoms with van der Waals surface area (Å²) in [7, 11) is 0. The Kier molecular flexibility index (Phi) is 6.25. The van der Waals surface area contributed by atoms with Gasteiger partial charge in [-0.15, -0.1) is 10.2 Å². The second kappa shape index (κ2) is 9.95. The predicted molar refractivity (Wildman–Crippen MR) is 132 cm³/mol. The van der Waals surface area contributed by atoms with Crippen molar-refractivity contribution < 1.29 is 4.79 Å². The Bertz CT molecular complexity index is 1380. The molecule has 0 aliphatic rings. The highest BCUT2D eigenvalue weighted by atomic mass is 16.1. The van der Waals surface area contributed by atoms with Gasteiger partial charge in [-0.1, -0.05) is 54.6 Å². The van der Waals surface area contributed by atoms with Crippen molar-refractivity contribution in [2.24, 2.45) is 0 Å². The van der Waals surface area contributed by atoms with Crippen LogP contribution in [0.1, 0.15) is 16.7 Å². The molecule has 5 aromatic rings. The molecule has 0 saturated heterocycles. The summed E-state index contributed by atoms with van der Waals surface area (Å²) in [5.74, 6) is 1.36. The van der Waals surface area contributed by atoms with E-state index in [2.05, 4.69) is 25.8 Å². The summed E-state index contributed by atoms with van der Waals surface area (Å²) in [6, 6.07) is 25.7. The van der Waals surface area contributed by atoms with Gasteiger partial charge in [-0.3, -0.25) is 14.3 Å². The molecule has 7 heteroatoms. The Hall–Kier alpha value is -4.52. The Balaban J connectivity index is 1.31. The highest BCUT2D eigenvalue weighted by Gasteiger charge is 2.14. The van der Waals surface area contributed by atoms with E-state index in [-0.39, 0.29) is 5.91 Å². The van der Waals surface area contributed by atoms with Crippen molar-refractivity contribution in [3.8, 4) is 5.82 Å². The maximum atomic E-state index is 12.6. The lowest BCUT2D eigenvalue weighted by atomic mass is 10.1. The van der Waals surface area contributed by atoms with E-state index in [1.165, 1.54) is 0 Å². The van der Waals surface area contributed by atoms with Gasteiger partial charge in [0.2, 0.25) is 5.91 Å². The van der Waals surface area contributed by atoms with Crippen LogP contribution in [-0.2, 0) is 24.3 Å². The van der Waals surface area contributed by atoms with Crippen molar-refractivity contribution in [3.63, 3.8) is 0 Å². The molecule has 2 N–H and O–H groups in total. The molecular formula is C27H24N6O. The van der Waals surface area contributed by atoms with E-state index >= 15 is 0 Å². The SMILES string of the molecule is O=C(Cc1cn(-c2ccc(NCc3cccnc3)nn2)c2ccccc12)NCc1ccccc1. The topological polar surface area (TPSA) is 84.7 Å². The van der Waals surface area contributed by atoms with Crippen LogP contribution in [0.5, 0.6) is 0 Å². The van der Waals surface area contributed by atoms with Gasteiger partial charge in [0.25, 0.3) is 0 Å². The third kappa shape index (κ3) is 4.94. The molecule has 168 valence electrons. The number of rotatable bonds is 8. The molecule has 1 amide bonds. The highest BCUT2D eigenvalue weighted by molar-refractivity contribution is 5.90. The number of anilines is 1. The fourth-order valence-electron chi connectivity index (χ4n) is 3.86. The van der Waals surface area contributed by atoms with E-state index < -0.39 is 0 Å². The smallest absolute Gasteiger partial charge is 0.224 e. The van der Waals surface area contributed by atoms with E-state index in [1.807, 2.05) is 95.8 Å². The highest BCUT2D eigenvalue weighted by Crippen LogP contribution is 2.24. The number of aromatic nitrogens is 4. The number of para-hydroxylation sites is 1. The molecule has 3 aromatic heterocycles. The third-order valence-corrected chi connectivity index (χ3v) is 5.57. The summed E-state index contributed by atoms with van der Waals surface area (Å²) in [5.41, 5.74) is 4.08. The van der Waals surface area contributed by atoms with Crippen LogP contribution in [0, 0.1) is 0 Å². The van der Waals surface area contributed by atoms with Gasteiger partial charge in [0.1, 0.15) is 5.82 Å². The molecule has 5 rings (SSSR count). The molecule has 0 saturated carbocycles. The van der Waals surface area contributed by atoms with Crippen molar-refractivity contribution in [1.29, 1.82) is 0 Å². The summed E-state index contributed by atoms with van der Waals surface area (Å²) in [6.07, 6.45) is 5.83. The van der Waals surface area contributed by atoms with Gasteiger partial charge in [-0.2, -0.15) is 0 Å². The minimum atomic E-state index is -0.0206. The lowest BCUT2D eigenvalue weighted by molar-refractivity contribution is -0.120. The first kappa shape index (κ1) is 21.3. The standard InChI is InChI=1S/C27H24N6O/c34-27(30-17-20-7-2-1-3-8-20)15-22-19-33(24-11-5-4-10-23(22)24)26-13-12-25(31-32-26)29-18-21-9-6-14-28-16-21/h1-14,16,19H,15,17-18H2,(H,29,31)(H,30,34). The average molecular weight is 449 g/mol. The van der Waals surface area contributed by atoms with E-state index in [4.69, 9.17) is 0 Å². The first-order valence-electron chi connectivity index (χ1n) is 11.1. The minimum Gasteiger partial charge on any atom is -0.364 e. The zero-order chi connectivity index (χ0) is 23.2. The second-order valence-corrected chi connectivity index (χ2v) is 7.97. The summed E-state index contributed by atoms with van der Waals surface area (Å²) < 4.78 is 1.98. The molecule has 0 bridgehead atoms. The number of carbonyl (C=O) groups is 1. The van der Waals surface area contributed by atoms with Gasteiger partial charge in [0, 0.05) is 37.1 Å². The molecule has 0 radical (unpaired) electrons. The van der Waals surface area contributed by atoms with Crippen LogP contribution in [0.4, 0.5) is 5.82 Å². The molecule has 34 heavy (non-hydrogen) atoms. The molecule has 0 aliphatic heterocycles. The first-order valence-corrected chi connectivity index (χ1v) is 11.1. The summed E-state index contributed by atoms with van der Waals surface area (Å²) >= 11 is 0. The predicted octanol–water partition coefficient (Wildman–Crippen LogP) is 4.29. The maximum Gasteiger partial charge on any atom is 0.224 e. The van der Waals surface area contributed by atoms with Gasteiger partial charge < -0.3 is 10.6 Å². The normalized spacial score (nSPS) is 10.8. The number of nitrogens with zero attached hydrogens (tertiary/aromatic N) is 4. The van der Waals surface area contributed by atoms with Gasteiger partial charge >= 0.3 is 0 Å². The largest absolute Gasteiger partial charge is 0.364 e. The molecule has 0 unspecified atom stereocenters. The minimum absolute atomic E-state index is 0.0206. The van der Waals surface area contributed by atoms with Crippen LogP contribution in [-0.4, -0.2) is 25.7 Å². The average Bonchev–Trinajstić information content (AvgIpc) is 3.26. The van der Waals surface area contributed by atoms with Crippen molar-refractivity contribution in [2.45, 2.75) is 19.5 Å². The summed E-state index contributed by atoms with van der Waals surface area (Å²) in [6.45, 7) is 1.13. The van der Waals surface area contributed by atoms with E-state index in [0.29, 0.717) is 31.1 Å². The van der Waals surface area contributed by atoms with Gasteiger partial charge in [0.15, 0.2) is 5.82 Å². The van der Waals surface area contributed by atoms with Gasteiger partial charge in [-0.25, -0.2) is 0 Å². The third-order valence-electron chi connectivity index (χ3n) is 5.57. The van der Waals surface area contributed by atoms with Gasteiger partial charge in [-0.05, 0) is 41.0 Å².